The van der Waals surface area contributed by atoms with Gasteiger partial charge >= 0.3 is 49.9 Å². The van der Waals surface area contributed by atoms with Crippen LogP contribution in [0.25, 0.3) is 0 Å². The topological polar surface area (TPSA) is 0 Å². The second-order valence-electron chi connectivity index (χ2n) is 0. The van der Waals surface area contributed by atoms with Gasteiger partial charge in [-0.3, -0.25) is 0 Å². The summed E-state index contributed by atoms with van der Waals surface area (Å²) < 4.78 is 0. The van der Waals surface area contributed by atoms with E-state index in [2.05, 4.69) is 0 Å². The Labute approximate surface area is 85.4 Å². The Hall–Kier alpha value is 2.49. The van der Waals surface area contributed by atoms with E-state index in [1.54, 1.807) is 0 Å². The minimum atomic E-state index is 0. The molecule has 3 radical (unpaired) electrons. The molecule has 0 aromatic carbocycles. The van der Waals surface area contributed by atoms with E-state index in [9.17, 15) is 0 Å². The molecule has 0 spiro atoms. The third-order valence-electron chi connectivity index (χ3n) is 0. The summed E-state index contributed by atoms with van der Waals surface area (Å²) in [5.74, 6) is 0. The molecule has 0 aliphatic rings. The van der Waals surface area contributed by atoms with Gasteiger partial charge in [0.1, 0.15) is 0 Å². The van der Waals surface area contributed by atoms with Crippen LogP contribution in [0.4, 0.5) is 0 Å². The van der Waals surface area contributed by atoms with E-state index in [-0.39, 0.29) is 86.6 Å². The van der Waals surface area contributed by atoms with Crippen molar-refractivity contribution >= 4 is 86.6 Å². The number of rotatable bonds is 0. The summed E-state index contributed by atoms with van der Waals surface area (Å²) in [6.07, 6.45) is 0. The van der Waals surface area contributed by atoms with Crippen LogP contribution in [-0.2, 0) is 0 Å². The van der Waals surface area contributed by atoms with Crippen LogP contribution in [0.2, 0.25) is 0 Å². The van der Waals surface area contributed by atoms with Gasteiger partial charge < -0.3 is 0 Å². The van der Waals surface area contributed by atoms with E-state index in [1.165, 1.54) is 0 Å². The predicted octanol–water partition coefficient (Wildman–Crippen LogP) is -5.12. The van der Waals surface area contributed by atoms with Gasteiger partial charge in [-0.15, -0.1) is 0 Å². The molecule has 0 aliphatic carbocycles. The van der Waals surface area contributed by atoms with E-state index in [0.29, 0.717) is 0 Å². The van der Waals surface area contributed by atoms with Crippen molar-refractivity contribution in [3.8, 4) is 0 Å². The summed E-state index contributed by atoms with van der Waals surface area (Å²) in [6.45, 7) is 0. The third-order valence-corrected chi connectivity index (χ3v) is 0. The molecular weight excluding hydrogens is 402 g/mol. The molecule has 0 nitrogen and oxygen atoms in total. The van der Waals surface area contributed by atoms with Gasteiger partial charge in [-0.05, 0) is 11.0 Å². The summed E-state index contributed by atoms with van der Waals surface area (Å²) in [5, 5.41) is 0. The zero-order valence-electron chi connectivity index (χ0n) is 1.78. The van der Waals surface area contributed by atoms with Crippen LogP contribution in [-0.4, -0.2) is 86.6 Å². The molecule has 0 rings (SSSR count). The van der Waals surface area contributed by atoms with Crippen LogP contribution >= 0.6 is 0 Å². The fourth-order valence-corrected chi connectivity index (χ4v) is 0. The Balaban J connectivity index is 0. The molecule has 5 heteroatoms. The van der Waals surface area contributed by atoms with Gasteiger partial charge in [-0.1, -0.05) is 0 Å². The average Bonchev–Trinajstić information content (AvgIpc) is 0. The molecule has 0 amide bonds. The molecule has 0 aliphatic heterocycles. The average molecular weight is 415 g/mol. The first-order chi connectivity index (χ1) is 0. The standard InChI is InChI=1S/Al.B.Bi.H4Si.H2Te.6H/h;;;1H4;1H2;;;;;;. The first-order valence-corrected chi connectivity index (χ1v) is 0. The monoisotopic (exact) mass is 417 g/mol. The normalized spacial score (nSPS) is 0. The van der Waals surface area contributed by atoms with Crippen LogP contribution in [0, 0.1) is 0 Å². The summed E-state index contributed by atoms with van der Waals surface area (Å²) >= 11 is 0. The van der Waals surface area contributed by atoms with Crippen LogP contribution < -0.4 is 0 Å². The van der Waals surface area contributed by atoms with Crippen molar-refractivity contribution in [2.75, 3.05) is 0 Å². The van der Waals surface area contributed by atoms with E-state index >= 15 is 0 Å². The molecule has 0 heterocycles. The van der Waals surface area contributed by atoms with Crippen molar-refractivity contribution in [2.24, 2.45) is 0 Å². The molecule has 0 saturated carbocycles. The molecule has 0 N–H and O–H groups in total. The van der Waals surface area contributed by atoms with Gasteiger partial charge in [0.2, 0.25) is 0 Å². The minimum absolute atomic E-state index is 0. The van der Waals surface area contributed by atoms with Crippen LogP contribution in [0.3, 0.4) is 0 Å². The Morgan fingerprint density at radius 1 is 1.00 bits per heavy atom. The molecule has 0 atom stereocenters. The third kappa shape index (κ3) is 21.1. The predicted molar refractivity (Wildman–Crippen MR) is 45.5 cm³/mol. The molecule has 5 heavy (non-hydrogen) atoms. The van der Waals surface area contributed by atoms with Crippen LogP contribution in [0.15, 0.2) is 0 Å². The van der Waals surface area contributed by atoms with E-state index in [1.807, 2.05) is 0 Å². The van der Waals surface area contributed by atoms with Gasteiger partial charge in [0.25, 0.3) is 0 Å². The first kappa shape index (κ1) is 50.9. The summed E-state index contributed by atoms with van der Waals surface area (Å²) in [7, 11) is 0. The van der Waals surface area contributed by atoms with Crippen molar-refractivity contribution in [1.82, 2.24) is 0 Å². The van der Waals surface area contributed by atoms with Gasteiger partial charge in [0.15, 0.2) is 17.4 Å². The van der Waals surface area contributed by atoms with Crippen molar-refractivity contribution < 1.29 is 0 Å². The maximum absolute atomic E-state index is 0. The quantitative estimate of drug-likeness (QED) is 0.348. The Morgan fingerprint density at radius 2 is 1.00 bits per heavy atom. The molecule has 0 bridgehead atoms. The zero-order chi connectivity index (χ0) is 0. The SMILES string of the molecule is [AlH3].[B].[BiH3].[SiH4].[TeH2]. The van der Waals surface area contributed by atoms with Gasteiger partial charge in [-0.2, -0.15) is 0 Å². The molecule has 0 aromatic rings. The fraction of sp³-hybridized carbons (Fsp3) is 0. The number of hydrogen-bond donors (Lipinski definition) is 0. The first-order valence-electron chi connectivity index (χ1n) is 0. The molecule has 0 saturated heterocycles. The Bertz CT molecular complexity index is 11.6. The second kappa shape index (κ2) is 31.6. The molecule has 0 fully saturated rings. The number of hydrogen-bond acceptors (Lipinski definition) is 0. The Morgan fingerprint density at radius 3 is 1.00 bits per heavy atom. The van der Waals surface area contributed by atoms with Gasteiger partial charge in [0, 0.05) is 8.41 Å². The van der Waals surface area contributed by atoms with E-state index in [0.717, 1.165) is 0 Å². The molecule has 0 unspecified atom stereocenters. The summed E-state index contributed by atoms with van der Waals surface area (Å²) in [5.41, 5.74) is 0. The van der Waals surface area contributed by atoms with E-state index in [4.69, 9.17) is 0 Å². The maximum atomic E-state index is 0. The van der Waals surface area contributed by atoms with Gasteiger partial charge in [0.05, 0.1) is 0 Å². The van der Waals surface area contributed by atoms with Gasteiger partial charge in [-0.25, -0.2) is 0 Å². The molecule has 33 valence electrons. The molecule has 0 aromatic heterocycles. The van der Waals surface area contributed by atoms with E-state index < -0.39 is 0 Å². The van der Waals surface area contributed by atoms with Crippen LogP contribution in [0.1, 0.15) is 0 Å². The van der Waals surface area contributed by atoms with Crippen molar-refractivity contribution in [1.29, 1.82) is 0 Å². The summed E-state index contributed by atoms with van der Waals surface area (Å²) in [6, 6.07) is 0. The van der Waals surface area contributed by atoms with Crippen molar-refractivity contribution in [2.45, 2.75) is 0 Å². The van der Waals surface area contributed by atoms with Crippen LogP contribution in [0.5, 0.6) is 0 Å². The fourth-order valence-electron chi connectivity index (χ4n) is 0. The van der Waals surface area contributed by atoms with Crippen molar-refractivity contribution in [3.05, 3.63) is 0 Å². The summed E-state index contributed by atoms with van der Waals surface area (Å²) in [4.78, 5) is 0. The Kier molecular flexibility index (Phi) is 322. The molecular formula is H12AlBBiSiTe. The van der Waals surface area contributed by atoms with Crippen molar-refractivity contribution in [3.63, 3.8) is 0 Å². The second-order valence-corrected chi connectivity index (χ2v) is 0. The zero-order valence-corrected chi connectivity index (χ0v) is 10.1.